The van der Waals surface area contributed by atoms with Gasteiger partial charge in [0.25, 0.3) is 0 Å². The molecule has 25 heavy (non-hydrogen) atoms. The molecule has 0 rings (SSSR count). The van der Waals surface area contributed by atoms with E-state index in [1.807, 2.05) is 0 Å². The zero-order valence-corrected chi connectivity index (χ0v) is 18.3. The van der Waals surface area contributed by atoms with Crippen molar-refractivity contribution in [1.82, 2.24) is 0 Å². The first-order valence-corrected chi connectivity index (χ1v) is 12.4. The molecule has 0 aromatic heterocycles. The zero-order valence-electron chi connectivity index (χ0n) is 17.4. The molecule has 0 heterocycles. The van der Waals surface area contributed by atoms with Crippen LogP contribution in [0.1, 0.15) is 77.0 Å². The molecule has 0 radical (unpaired) electrons. The first-order valence-electron chi connectivity index (χ1n) is 10.5. The smallest absolute Gasteiger partial charge is 0.0462 e. The van der Waals surface area contributed by atoms with Crippen LogP contribution in [0, 0.1) is 0 Å². The van der Waals surface area contributed by atoms with Crippen molar-refractivity contribution in [3.8, 4) is 0 Å². The minimum absolute atomic E-state index is 0.272. The van der Waals surface area contributed by atoms with Gasteiger partial charge < -0.3 is 14.2 Å². The number of unbranched alkanes of at least 4 members (excludes halogenated alkanes) is 9. The largest absolute Gasteiger partial charge is 0.385 e. The lowest BCUT2D eigenvalue weighted by molar-refractivity contribution is 0.192. The SMILES string of the molecule is COCCCCCCP(CCCCCCOC)CCCCCCOC. The number of methoxy groups -OCH3 is 3. The normalized spacial score (nSPS) is 11.5. The Balaban J connectivity index is 3.76. The summed E-state index contributed by atoms with van der Waals surface area (Å²) in [6, 6.07) is 0. The van der Waals surface area contributed by atoms with Crippen molar-refractivity contribution < 1.29 is 14.2 Å². The second kappa shape index (κ2) is 22.4. The van der Waals surface area contributed by atoms with Gasteiger partial charge in [-0.05, 0) is 57.0 Å². The molecule has 0 saturated carbocycles. The summed E-state index contributed by atoms with van der Waals surface area (Å²) in [6.07, 6.45) is 20.7. The second-order valence-electron chi connectivity index (χ2n) is 7.06. The molecule has 0 N–H and O–H groups in total. The lowest BCUT2D eigenvalue weighted by Gasteiger charge is -2.18. The van der Waals surface area contributed by atoms with Gasteiger partial charge in [0.2, 0.25) is 0 Å². The van der Waals surface area contributed by atoms with Crippen LogP contribution in [0.15, 0.2) is 0 Å². The standard InChI is InChI=1S/C21H45O3P/c1-22-16-10-4-7-13-19-25(20-14-8-5-11-17-23-2)21-15-9-6-12-18-24-3/h4-21H2,1-3H3. The van der Waals surface area contributed by atoms with E-state index in [0.29, 0.717) is 0 Å². The van der Waals surface area contributed by atoms with Gasteiger partial charge in [-0.15, -0.1) is 7.92 Å². The van der Waals surface area contributed by atoms with Crippen LogP contribution in [0.5, 0.6) is 0 Å². The lowest BCUT2D eigenvalue weighted by Crippen LogP contribution is -1.98. The first kappa shape index (κ1) is 25.3. The Morgan fingerprint density at radius 2 is 0.680 bits per heavy atom. The van der Waals surface area contributed by atoms with Crippen LogP contribution in [0.4, 0.5) is 0 Å². The summed E-state index contributed by atoms with van der Waals surface area (Å²) in [7, 11) is 5.68. The highest BCUT2D eigenvalue weighted by Crippen LogP contribution is 2.39. The van der Waals surface area contributed by atoms with Crippen LogP contribution in [-0.4, -0.2) is 59.6 Å². The maximum atomic E-state index is 5.14. The van der Waals surface area contributed by atoms with Gasteiger partial charge in [-0.2, -0.15) is 0 Å². The maximum absolute atomic E-state index is 5.14. The molecule has 0 atom stereocenters. The fourth-order valence-corrected chi connectivity index (χ4v) is 5.82. The van der Waals surface area contributed by atoms with Crippen LogP contribution in [0.3, 0.4) is 0 Å². The van der Waals surface area contributed by atoms with Crippen LogP contribution in [0.25, 0.3) is 0 Å². The van der Waals surface area contributed by atoms with E-state index in [2.05, 4.69) is 0 Å². The number of hydrogen-bond acceptors (Lipinski definition) is 3. The minimum atomic E-state index is 0.272. The number of hydrogen-bond donors (Lipinski definition) is 0. The summed E-state index contributed by atoms with van der Waals surface area (Å²) < 4.78 is 15.4. The molecular formula is C21H45O3P. The van der Waals surface area contributed by atoms with Gasteiger partial charge in [-0.25, -0.2) is 0 Å². The van der Waals surface area contributed by atoms with Crippen LogP contribution >= 0.6 is 7.92 Å². The third kappa shape index (κ3) is 20.5. The maximum Gasteiger partial charge on any atom is 0.0462 e. The van der Waals surface area contributed by atoms with Crippen molar-refractivity contribution in [3.05, 3.63) is 0 Å². The fraction of sp³-hybridized carbons (Fsp3) is 1.00. The third-order valence-electron chi connectivity index (χ3n) is 4.72. The molecule has 3 nitrogen and oxygen atoms in total. The molecule has 0 aliphatic carbocycles. The first-order chi connectivity index (χ1) is 12.3. The zero-order chi connectivity index (χ0) is 18.4. The van der Waals surface area contributed by atoms with Crippen LogP contribution in [0.2, 0.25) is 0 Å². The van der Waals surface area contributed by atoms with E-state index in [0.717, 1.165) is 19.8 Å². The quantitative estimate of drug-likeness (QED) is 0.179. The Hall–Kier alpha value is 0.310. The monoisotopic (exact) mass is 376 g/mol. The molecule has 0 saturated heterocycles. The van der Waals surface area contributed by atoms with Crippen molar-refractivity contribution in [2.24, 2.45) is 0 Å². The molecule has 0 aliphatic heterocycles. The molecule has 152 valence electrons. The Labute approximate surface area is 159 Å². The Kier molecular flexibility index (Phi) is 22.6. The molecular weight excluding hydrogens is 331 g/mol. The Bertz CT molecular complexity index is 201. The Morgan fingerprint density at radius 1 is 0.400 bits per heavy atom. The Morgan fingerprint density at radius 3 is 0.960 bits per heavy atom. The second-order valence-corrected chi connectivity index (χ2v) is 9.75. The summed E-state index contributed by atoms with van der Waals surface area (Å²) in [5.74, 6) is 0. The van der Waals surface area contributed by atoms with Gasteiger partial charge in [0.1, 0.15) is 0 Å². The topological polar surface area (TPSA) is 27.7 Å². The van der Waals surface area contributed by atoms with Crippen LogP contribution in [-0.2, 0) is 14.2 Å². The van der Waals surface area contributed by atoms with Gasteiger partial charge in [0.05, 0.1) is 0 Å². The highest BCUT2D eigenvalue weighted by atomic mass is 31.1. The van der Waals surface area contributed by atoms with Gasteiger partial charge in [-0.3, -0.25) is 0 Å². The van der Waals surface area contributed by atoms with Crippen molar-refractivity contribution in [1.29, 1.82) is 0 Å². The van der Waals surface area contributed by atoms with Crippen molar-refractivity contribution in [2.75, 3.05) is 59.6 Å². The molecule has 0 spiro atoms. The summed E-state index contributed by atoms with van der Waals surface area (Å²) >= 11 is 0. The average molecular weight is 377 g/mol. The fourth-order valence-electron chi connectivity index (χ4n) is 3.14. The summed E-state index contributed by atoms with van der Waals surface area (Å²) in [5.41, 5.74) is 0. The predicted molar refractivity (Wildman–Crippen MR) is 113 cm³/mol. The van der Waals surface area contributed by atoms with Crippen molar-refractivity contribution >= 4 is 7.92 Å². The van der Waals surface area contributed by atoms with Gasteiger partial charge in [-0.1, -0.05) is 38.5 Å². The predicted octanol–water partition coefficient (Wildman–Crippen LogP) is 6.09. The summed E-state index contributed by atoms with van der Waals surface area (Å²) in [4.78, 5) is 0. The van der Waals surface area contributed by atoms with Gasteiger partial charge in [0.15, 0.2) is 0 Å². The average Bonchev–Trinajstić information content (AvgIpc) is 2.63. The minimum Gasteiger partial charge on any atom is -0.385 e. The van der Waals surface area contributed by atoms with E-state index in [1.165, 1.54) is 95.5 Å². The van der Waals surface area contributed by atoms with Gasteiger partial charge >= 0.3 is 0 Å². The van der Waals surface area contributed by atoms with Crippen LogP contribution < -0.4 is 0 Å². The highest BCUT2D eigenvalue weighted by Gasteiger charge is 2.07. The number of ether oxygens (including phenoxy) is 3. The molecule has 0 aliphatic rings. The van der Waals surface area contributed by atoms with E-state index >= 15 is 0 Å². The van der Waals surface area contributed by atoms with E-state index in [9.17, 15) is 0 Å². The van der Waals surface area contributed by atoms with E-state index in [-0.39, 0.29) is 7.92 Å². The molecule has 4 heteroatoms. The molecule has 0 aromatic rings. The third-order valence-corrected chi connectivity index (χ3v) is 7.56. The molecule has 0 fully saturated rings. The van der Waals surface area contributed by atoms with Crippen molar-refractivity contribution in [3.63, 3.8) is 0 Å². The summed E-state index contributed by atoms with van der Waals surface area (Å²) in [6.45, 7) is 2.78. The number of rotatable bonds is 21. The molecule has 0 amide bonds. The van der Waals surface area contributed by atoms with Gasteiger partial charge in [0, 0.05) is 41.2 Å². The molecule has 0 unspecified atom stereocenters. The van der Waals surface area contributed by atoms with E-state index in [4.69, 9.17) is 14.2 Å². The van der Waals surface area contributed by atoms with E-state index in [1.54, 1.807) is 21.3 Å². The molecule has 0 aromatic carbocycles. The van der Waals surface area contributed by atoms with Crippen molar-refractivity contribution in [2.45, 2.75) is 77.0 Å². The van der Waals surface area contributed by atoms with E-state index < -0.39 is 0 Å². The highest BCUT2D eigenvalue weighted by molar-refractivity contribution is 7.57. The summed E-state index contributed by atoms with van der Waals surface area (Å²) in [5, 5.41) is 0. The molecule has 0 bridgehead atoms. The lowest BCUT2D eigenvalue weighted by atomic mass is 10.2.